The first-order valence-corrected chi connectivity index (χ1v) is 23.3. The third-order valence-corrected chi connectivity index (χ3v) is 12.7. The Morgan fingerprint density at radius 3 is 1.69 bits per heavy atom. The second kappa shape index (κ2) is 20.8. The smallest absolute Gasteiger partial charge is 0.256 e. The van der Waals surface area contributed by atoms with Gasteiger partial charge in [-0.25, -0.2) is 0 Å². The summed E-state index contributed by atoms with van der Waals surface area (Å²) in [5, 5.41) is 8.37. The quantitative estimate of drug-likeness (QED) is 0.0856. The van der Waals surface area contributed by atoms with Crippen LogP contribution < -0.4 is 10.6 Å². The number of aromatic amines is 2. The number of nitrogens with one attached hydrogen (secondary N) is 4. The van der Waals surface area contributed by atoms with E-state index in [0.29, 0.717) is 52.3 Å². The first kappa shape index (κ1) is 46.2. The molecule has 10 nitrogen and oxygen atoms in total. The number of carbonyl (C=O) groups is 4. The molecular formula is C54H66N6O4. The molecule has 2 aliphatic heterocycles. The van der Waals surface area contributed by atoms with E-state index in [1.807, 2.05) is 44.2 Å². The number of benzene rings is 4. The Kier molecular flexibility index (Phi) is 15.0. The molecular weight excluding hydrogens is 797 g/mol. The molecule has 0 spiro atoms. The highest BCUT2D eigenvalue weighted by Gasteiger charge is 2.26. The van der Waals surface area contributed by atoms with Gasteiger partial charge in [-0.15, -0.1) is 0 Å². The molecule has 0 unspecified atom stereocenters. The summed E-state index contributed by atoms with van der Waals surface area (Å²) in [5.74, 6) is 0.701. The lowest BCUT2D eigenvalue weighted by atomic mass is 9.87. The number of nitrogens with zero attached hydrogens (tertiary/aromatic N) is 2. The van der Waals surface area contributed by atoms with Crippen LogP contribution in [-0.2, 0) is 0 Å². The highest BCUT2D eigenvalue weighted by Crippen LogP contribution is 2.36. The maximum absolute atomic E-state index is 13.1. The molecule has 4 heterocycles. The summed E-state index contributed by atoms with van der Waals surface area (Å²) >= 11 is 0. The van der Waals surface area contributed by atoms with E-state index in [-0.39, 0.29) is 23.4 Å². The summed E-state index contributed by atoms with van der Waals surface area (Å²) in [6.07, 6.45) is 11.3. The van der Waals surface area contributed by atoms with E-state index in [9.17, 15) is 19.2 Å². The predicted octanol–water partition coefficient (Wildman–Crippen LogP) is 11.8. The van der Waals surface area contributed by atoms with Gasteiger partial charge in [0.2, 0.25) is 0 Å². The molecule has 0 radical (unpaired) electrons. The van der Waals surface area contributed by atoms with Crippen molar-refractivity contribution in [2.45, 2.75) is 97.8 Å². The summed E-state index contributed by atoms with van der Waals surface area (Å²) in [6.45, 7) is 16.4. The predicted molar refractivity (Wildman–Crippen MR) is 261 cm³/mol. The lowest BCUT2D eigenvalue weighted by Crippen LogP contribution is -2.38. The van der Waals surface area contributed by atoms with E-state index in [2.05, 4.69) is 82.7 Å². The van der Waals surface area contributed by atoms with Crippen LogP contribution in [0.1, 0.15) is 150 Å². The van der Waals surface area contributed by atoms with Gasteiger partial charge >= 0.3 is 0 Å². The van der Waals surface area contributed by atoms with Crippen molar-refractivity contribution in [2.75, 3.05) is 50.4 Å². The van der Waals surface area contributed by atoms with Crippen molar-refractivity contribution >= 4 is 56.6 Å². The van der Waals surface area contributed by atoms with Crippen molar-refractivity contribution in [3.63, 3.8) is 0 Å². The fourth-order valence-corrected chi connectivity index (χ4v) is 9.40. The number of hydrogen-bond acceptors (Lipinski definition) is 6. The molecule has 0 saturated carbocycles. The van der Waals surface area contributed by atoms with Crippen LogP contribution in [0.25, 0.3) is 21.8 Å². The topological polar surface area (TPSA) is 130 Å². The van der Waals surface area contributed by atoms with Crippen LogP contribution in [0.3, 0.4) is 0 Å². The van der Waals surface area contributed by atoms with Crippen LogP contribution in [0.5, 0.6) is 0 Å². The minimum Gasteiger partial charge on any atom is -0.361 e. The van der Waals surface area contributed by atoms with Crippen LogP contribution >= 0.6 is 0 Å². The zero-order chi connectivity index (χ0) is 45.4. The number of carbonyl (C=O) groups excluding carboxylic acids is 4. The first-order chi connectivity index (χ1) is 30.8. The van der Waals surface area contributed by atoms with Crippen molar-refractivity contribution < 1.29 is 19.2 Å². The molecule has 10 heteroatoms. The summed E-state index contributed by atoms with van der Waals surface area (Å²) in [7, 11) is 2.17. The van der Waals surface area contributed by atoms with Crippen LogP contribution in [-0.4, -0.2) is 82.9 Å². The molecule has 4 N–H and O–H groups in total. The molecule has 2 saturated heterocycles. The lowest BCUT2D eigenvalue weighted by Gasteiger charge is -2.36. The molecule has 336 valence electrons. The van der Waals surface area contributed by atoms with E-state index in [1.54, 1.807) is 42.5 Å². The molecule has 2 fully saturated rings. The number of likely N-dealkylation sites (tertiary alicyclic amines) is 2. The van der Waals surface area contributed by atoms with E-state index in [1.165, 1.54) is 21.9 Å². The Labute approximate surface area is 378 Å². The van der Waals surface area contributed by atoms with Gasteiger partial charge in [0.1, 0.15) is 0 Å². The van der Waals surface area contributed by atoms with Gasteiger partial charge in [0.05, 0.1) is 5.56 Å². The zero-order valence-corrected chi connectivity index (χ0v) is 38.6. The average Bonchev–Trinajstić information content (AvgIpc) is 3.91. The molecule has 0 bridgehead atoms. The molecule has 64 heavy (non-hydrogen) atoms. The monoisotopic (exact) mass is 863 g/mol. The van der Waals surface area contributed by atoms with Gasteiger partial charge in [-0.3, -0.25) is 19.2 Å². The Bertz CT molecular complexity index is 2580. The molecule has 4 aromatic carbocycles. The zero-order valence-electron chi connectivity index (χ0n) is 38.6. The molecule has 0 aliphatic carbocycles. The second-order valence-electron chi connectivity index (χ2n) is 19.1. The second-order valence-corrected chi connectivity index (χ2v) is 19.1. The Balaban J connectivity index is 0.000000193. The maximum atomic E-state index is 13.1. The van der Waals surface area contributed by atoms with E-state index < -0.39 is 0 Å². The molecule has 8 rings (SSSR count). The van der Waals surface area contributed by atoms with Gasteiger partial charge in [0.25, 0.3) is 11.8 Å². The minimum atomic E-state index is -0.244. The number of amides is 2. The number of piperidine rings is 2. The molecule has 6 aromatic rings. The third kappa shape index (κ3) is 11.5. The van der Waals surface area contributed by atoms with Crippen LogP contribution in [0.2, 0.25) is 0 Å². The number of ketones is 2. The Morgan fingerprint density at radius 2 is 1.12 bits per heavy atom. The first-order valence-electron chi connectivity index (χ1n) is 23.3. The number of rotatable bonds is 13. The SMILES string of the molecule is CCCC(=O)c1cccc(C(=O)Nc2ccc3[nH]cc(C4CCN(C)CC4)c3c2)c1.CCCC(=O)c1ccccc1C(=O)Nc1ccc2[nH]cc(C3CCN(CC(C)(C)C)CC3)c2c1. The van der Waals surface area contributed by atoms with Gasteiger partial charge in [0, 0.05) is 81.7 Å². The molecule has 2 aromatic heterocycles. The molecule has 2 aliphatic rings. The average molecular weight is 863 g/mol. The van der Waals surface area contributed by atoms with Gasteiger partial charge in [-0.05, 0) is 155 Å². The van der Waals surface area contributed by atoms with Crippen molar-refractivity contribution in [3.8, 4) is 0 Å². The Morgan fingerprint density at radius 1 is 0.609 bits per heavy atom. The van der Waals surface area contributed by atoms with Crippen LogP contribution in [0.15, 0.2) is 97.3 Å². The maximum Gasteiger partial charge on any atom is 0.256 e. The summed E-state index contributed by atoms with van der Waals surface area (Å²) in [6, 6.07) is 26.1. The van der Waals surface area contributed by atoms with Gasteiger partial charge in [-0.1, -0.05) is 65.0 Å². The molecule has 0 atom stereocenters. The van der Waals surface area contributed by atoms with Crippen molar-refractivity contribution in [3.05, 3.63) is 131 Å². The summed E-state index contributed by atoms with van der Waals surface area (Å²) < 4.78 is 0. The Hall–Kier alpha value is -5.84. The fraction of sp³-hybridized carbons (Fsp3) is 0.407. The highest BCUT2D eigenvalue weighted by atomic mass is 16.2. The van der Waals surface area contributed by atoms with Gasteiger partial charge in [0.15, 0.2) is 11.6 Å². The third-order valence-electron chi connectivity index (χ3n) is 12.7. The molecule has 2 amide bonds. The number of anilines is 2. The van der Waals surface area contributed by atoms with Crippen LogP contribution in [0, 0.1) is 5.41 Å². The van der Waals surface area contributed by atoms with Crippen molar-refractivity contribution in [1.29, 1.82) is 0 Å². The largest absolute Gasteiger partial charge is 0.361 e. The number of Topliss-reactive ketones (excluding diaryl/α,β-unsaturated/α-hetero) is 2. The van der Waals surface area contributed by atoms with Gasteiger partial charge in [-0.2, -0.15) is 0 Å². The summed E-state index contributed by atoms with van der Waals surface area (Å²) in [5.41, 5.74) is 8.71. The normalized spacial score (nSPS) is 15.5. The van der Waals surface area contributed by atoms with Gasteiger partial charge < -0.3 is 30.4 Å². The van der Waals surface area contributed by atoms with E-state index in [4.69, 9.17) is 0 Å². The highest BCUT2D eigenvalue weighted by molar-refractivity contribution is 6.13. The fourth-order valence-electron chi connectivity index (χ4n) is 9.40. The standard InChI is InChI=1S/C29H37N3O2.C25H29N3O2/c1-5-8-27(33)22-9-6-7-10-23(22)28(34)31-21-11-12-26-24(17-21)25(18-30-26)20-13-15-32(16-14-20)19-29(2,3)4;1-3-5-24(29)18-6-4-7-19(14-18)25(30)27-20-8-9-23-21(15-20)22(16-26-23)17-10-12-28(2)13-11-17/h6-7,9-12,17-18,20,30H,5,8,13-16,19H2,1-4H3,(H,31,34);4,6-9,14-17,26H,3,5,10-13H2,1-2H3,(H,27,30). The number of fused-ring (bicyclic) bond motifs is 2. The summed E-state index contributed by atoms with van der Waals surface area (Å²) in [4.78, 5) is 62.3. The minimum absolute atomic E-state index is 0.00873. The van der Waals surface area contributed by atoms with E-state index in [0.717, 1.165) is 93.7 Å². The van der Waals surface area contributed by atoms with E-state index >= 15 is 0 Å². The van der Waals surface area contributed by atoms with Crippen molar-refractivity contribution in [1.82, 2.24) is 19.8 Å². The number of aromatic nitrogens is 2. The van der Waals surface area contributed by atoms with Crippen molar-refractivity contribution in [2.24, 2.45) is 5.41 Å². The number of hydrogen-bond donors (Lipinski definition) is 4. The number of H-pyrrole nitrogens is 2. The van der Waals surface area contributed by atoms with Crippen LogP contribution in [0.4, 0.5) is 11.4 Å². The lowest BCUT2D eigenvalue weighted by molar-refractivity contribution is 0.0963.